The summed E-state index contributed by atoms with van der Waals surface area (Å²) in [6.07, 6.45) is 7.31. The van der Waals surface area contributed by atoms with Crippen LogP contribution < -0.4 is 5.32 Å². The summed E-state index contributed by atoms with van der Waals surface area (Å²) in [5.74, 6) is 0.0838. The van der Waals surface area contributed by atoms with Crippen molar-refractivity contribution in [3.05, 3.63) is 57.4 Å². The van der Waals surface area contributed by atoms with Gasteiger partial charge in [0.2, 0.25) is 5.91 Å². The standard InChI is InChI=1S/C24H27N3O2S2/c1-16-10-11-17(2)20(13-16)25-22(28)15-31-24-26-21(14-19-9-6-12-30-19)23(29)27(24)18-7-4-3-5-8-18/h6,9-14,18H,3-5,7-8,15H2,1-2H3,(H,25,28). The normalized spacial score (nSPS) is 18.5. The van der Waals surface area contributed by atoms with E-state index in [4.69, 9.17) is 0 Å². The Kier molecular flexibility index (Phi) is 6.92. The molecule has 1 saturated carbocycles. The average molecular weight is 454 g/mol. The lowest BCUT2D eigenvalue weighted by Gasteiger charge is -2.31. The van der Waals surface area contributed by atoms with Gasteiger partial charge in [-0.15, -0.1) is 11.3 Å². The third-order valence-electron chi connectivity index (χ3n) is 5.62. The van der Waals surface area contributed by atoms with Gasteiger partial charge in [0, 0.05) is 16.6 Å². The topological polar surface area (TPSA) is 61.8 Å². The van der Waals surface area contributed by atoms with E-state index in [2.05, 4.69) is 10.3 Å². The maximum Gasteiger partial charge on any atom is 0.278 e. The molecule has 1 aromatic heterocycles. The van der Waals surface area contributed by atoms with Crippen LogP contribution in [0.25, 0.3) is 6.08 Å². The molecule has 31 heavy (non-hydrogen) atoms. The molecule has 0 bridgehead atoms. The highest BCUT2D eigenvalue weighted by atomic mass is 32.2. The number of carbonyl (C=O) groups excluding carboxylic acids is 2. The summed E-state index contributed by atoms with van der Waals surface area (Å²) in [6.45, 7) is 3.99. The number of hydrogen-bond donors (Lipinski definition) is 1. The van der Waals surface area contributed by atoms with Crippen LogP contribution in [0.15, 0.2) is 46.4 Å². The molecule has 2 aromatic rings. The minimum absolute atomic E-state index is 0.0438. The number of aryl methyl sites for hydroxylation is 2. The second kappa shape index (κ2) is 9.83. The number of nitrogens with one attached hydrogen (secondary N) is 1. The number of amides is 2. The molecule has 0 unspecified atom stereocenters. The van der Waals surface area contributed by atoms with Gasteiger partial charge in [-0.05, 0) is 61.4 Å². The Bertz CT molecular complexity index is 1020. The van der Waals surface area contributed by atoms with Crippen LogP contribution in [0.2, 0.25) is 0 Å². The zero-order valence-corrected chi connectivity index (χ0v) is 19.5. The number of carbonyl (C=O) groups is 2. The minimum atomic E-state index is -0.0897. The molecule has 0 spiro atoms. The van der Waals surface area contributed by atoms with Crippen molar-refractivity contribution in [2.24, 2.45) is 4.99 Å². The third-order valence-corrected chi connectivity index (χ3v) is 7.39. The van der Waals surface area contributed by atoms with E-state index < -0.39 is 0 Å². The Morgan fingerprint density at radius 3 is 2.81 bits per heavy atom. The van der Waals surface area contributed by atoms with Crippen molar-refractivity contribution < 1.29 is 9.59 Å². The van der Waals surface area contributed by atoms with Gasteiger partial charge < -0.3 is 5.32 Å². The quantitative estimate of drug-likeness (QED) is 0.599. The van der Waals surface area contributed by atoms with Crippen LogP contribution in [0.1, 0.15) is 48.1 Å². The van der Waals surface area contributed by atoms with E-state index in [0.717, 1.165) is 47.4 Å². The summed E-state index contributed by atoms with van der Waals surface area (Å²) in [6, 6.07) is 10.1. The number of aliphatic imine (C=N–C) groups is 1. The molecule has 7 heteroatoms. The number of benzene rings is 1. The molecule has 4 rings (SSSR count). The van der Waals surface area contributed by atoms with E-state index in [0.29, 0.717) is 10.9 Å². The summed E-state index contributed by atoms with van der Waals surface area (Å²) in [5.41, 5.74) is 3.43. The second-order valence-electron chi connectivity index (χ2n) is 8.06. The molecule has 0 atom stereocenters. The summed E-state index contributed by atoms with van der Waals surface area (Å²) < 4.78 is 0. The Morgan fingerprint density at radius 1 is 1.26 bits per heavy atom. The van der Waals surface area contributed by atoms with Crippen LogP contribution in [0.3, 0.4) is 0 Å². The van der Waals surface area contributed by atoms with Crippen LogP contribution in [0, 0.1) is 13.8 Å². The van der Waals surface area contributed by atoms with Gasteiger partial charge in [0.15, 0.2) is 5.17 Å². The number of amidine groups is 1. The lowest BCUT2D eigenvalue weighted by molar-refractivity contribution is -0.124. The van der Waals surface area contributed by atoms with Crippen molar-refractivity contribution in [3.8, 4) is 0 Å². The molecule has 1 aliphatic carbocycles. The van der Waals surface area contributed by atoms with E-state index >= 15 is 0 Å². The summed E-state index contributed by atoms with van der Waals surface area (Å²) in [4.78, 5) is 33.3. The van der Waals surface area contributed by atoms with E-state index in [1.54, 1.807) is 11.3 Å². The van der Waals surface area contributed by atoms with Gasteiger partial charge in [0.05, 0.1) is 5.75 Å². The van der Waals surface area contributed by atoms with Crippen molar-refractivity contribution in [1.29, 1.82) is 0 Å². The second-order valence-corrected chi connectivity index (χ2v) is 9.98. The van der Waals surface area contributed by atoms with Crippen molar-refractivity contribution >= 4 is 51.8 Å². The van der Waals surface area contributed by atoms with Gasteiger partial charge in [-0.25, -0.2) is 4.99 Å². The first kappa shape index (κ1) is 21.8. The van der Waals surface area contributed by atoms with Gasteiger partial charge >= 0.3 is 0 Å². The summed E-state index contributed by atoms with van der Waals surface area (Å²) >= 11 is 2.93. The fraction of sp³-hybridized carbons (Fsp3) is 0.375. The highest BCUT2D eigenvalue weighted by Crippen LogP contribution is 2.32. The lowest BCUT2D eigenvalue weighted by atomic mass is 9.94. The lowest BCUT2D eigenvalue weighted by Crippen LogP contribution is -2.41. The first-order valence-electron chi connectivity index (χ1n) is 10.7. The molecule has 0 saturated heterocycles. The smallest absolute Gasteiger partial charge is 0.278 e. The van der Waals surface area contributed by atoms with Gasteiger partial charge in [-0.3, -0.25) is 14.5 Å². The van der Waals surface area contributed by atoms with Crippen molar-refractivity contribution in [2.45, 2.75) is 52.0 Å². The zero-order chi connectivity index (χ0) is 21.8. The van der Waals surface area contributed by atoms with Crippen LogP contribution in [-0.2, 0) is 9.59 Å². The number of rotatable bonds is 5. The Balaban J connectivity index is 1.49. The Morgan fingerprint density at radius 2 is 2.06 bits per heavy atom. The molecule has 0 radical (unpaired) electrons. The number of thiophene rings is 1. The van der Waals surface area contributed by atoms with Crippen molar-refractivity contribution in [2.75, 3.05) is 11.1 Å². The number of anilines is 1. The maximum atomic E-state index is 13.2. The summed E-state index contributed by atoms with van der Waals surface area (Å²) in [5, 5.41) is 5.63. The van der Waals surface area contributed by atoms with E-state index in [1.165, 1.54) is 18.2 Å². The largest absolute Gasteiger partial charge is 0.325 e. The fourth-order valence-corrected chi connectivity index (χ4v) is 5.48. The predicted molar refractivity (Wildman–Crippen MR) is 130 cm³/mol. The molecule has 2 aliphatic rings. The fourth-order valence-electron chi connectivity index (χ4n) is 3.97. The molecular formula is C24H27N3O2S2. The molecular weight excluding hydrogens is 426 g/mol. The first-order chi connectivity index (χ1) is 15.0. The van der Waals surface area contributed by atoms with Crippen LogP contribution in [0.5, 0.6) is 0 Å². The van der Waals surface area contributed by atoms with Crippen molar-refractivity contribution in [1.82, 2.24) is 4.90 Å². The molecule has 1 aliphatic heterocycles. The van der Waals surface area contributed by atoms with Crippen molar-refractivity contribution in [3.63, 3.8) is 0 Å². The monoisotopic (exact) mass is 453 g/mol. The Hall–Kier alpha value is -2.38. The molecule has 1 aromatic carbocycles. The van der Waals surface area contributed by atoms with E-state index in [-0.39, 0.29) is 23.6 Å². The molecule has 2 heterocycles. The molecule has 5 nitrogen and oxygen atoms in total. The van der Waals surface area contributed by atoms with E-state index in [1.807, 2.05) is 60.5 Å². The first-order valence-corrected chi connectivity index (χ1v) is 12.5. The SMILES string of the molecule is Cc1ccc(C)c(NC(=O)CSC2=NC(=Cc3cccs3)C(=O)N2C2CCCCC2)c1. The zero-order valence-electron chi connectivity index (χ0n) is 17.9. The van der Waals surface area contributed by atoms with Crippen LogP contribution in [-0.4, -0.2) is 33.7 Å². The summed E-state index contributed by atoms with van der Waals surface area (Å²) in [7, 11) is 0. The number of nitrogens with zero attached hydrogens (tertiary/aromatic N) is 2. The minimum Gasteiger partial charge on any atom is -0.325 e. The molecule has 1 N–H and O–H groups in total. The predicted octanol–water partition coefficient (Wildman–Crippen LogP) is 5.61. The van der Waals surface area contributed by atoms with Crippen LogP contribution in [0.4, 0.5) is 5.69 Å². The van der Waals surface area contributed by atoms with E-state index in [9.17, 15) is 9.59 Å². The highest BCUT2D eigenvalue weighted by molar-refractivity contribution is 8.14. The van der Waals surface area contributed by atoms with Crippen LogP contribution >= 0.6 is 23.1 Å². The number of thioether (sulfide) groups is 1. The molecule has 162 valence electrons. The Labute approximate surface area is 191 Å². The third kappa shape index (κ3) is 5.28. The number of hydrogen-bond acceptors (Lipinski definition) is 5. The molecule has 1 fully saturated rings. The van der Waals surface area contributed by atoms with Gasteiger partial charge in [0.25, 0.3) is 5.91 Å². The molecule has 2 amide bonds. The average Bonchev–Trinajstić information content (AvgIpc) is 3.38. The maximum absolute atomic E-state index is 13.2. The van der Waals surface area contributed by atoms with Gasteiger partial charge in [-0.1, -0.05) is 49.2 Å². The van der Waals surface area contributed by atoms with Gasteiger partial charge in [0.1, 0.15) is 5.70 Å². The van der Waals surface area contributed by atoms with Gasteiger partial charge in [-0.2, -0.15) is 0 Å². The highest BCUT2D eigenvalue weighted by Gasteiger charge is 2.36.